The molecule has 3 rings (SSSR count). The Morgan fingerprint density at radius 2 is 1.88 bits per heavy atom. The van der Waals surface area contributed by atoms with Gasteiger partial charge in [-0.25, -0.2) is 0 Å². The van der Waals surface area contributed by atoms with Crippen molar-refractivity contribution in [1.29, 1.82) is 0 Å². The summed E-state index contributed by atoms with van der Waals surface area (Å²) in [5.74, 6) is 0. The Hall–Kier alpha value is -1.24. The highest BCUT2D eigenvalue weighted by molar-refractivity contribution is 5.85. The zero-order valence-electron chi connectivity index (χ0n) is 10.9. The fourth-order valence-electron chi connectivity index (χ4n) is 3.54. The maximum atomic E-state index is 2.61. The second kappa shape index (κ2) is 4.21. The first-order chi connectivity index (χ1) is 8.33. The lowest BCUT2D eigenvalue weighted by atomic mass is 10.1. The van der Waals surface area contributed by atoms with Crippen molar-refractivity contribution in [2.75, 3.05) is 0 Å². The van der Waals surface area contributed by atoms with Gasteiger partial charge in [0.05, 0.1) is 0 Å². The van der Waals surface area contributed by atoms with E-state index in [-0.39, 0.29) is 0 Å². The van der Waals surface area contributed by atoms with Gasteiger partial charge in [0.2, 0.25) is 0 Å². The van der Waals surface area contributed by atoms with E-state index < -0.39 is 0 Å². The van der Waals surface area contributed by atoms with Gasteiger partial charge in [0.15, 0.2) is 0 Å². The molecule has 1 nitrogen and oxygen atoms in total. The Labute approximate surface area is 103 Å². The van der Waals surface area contributed by atoms with E-state index in [4.69, 9.17) is 0 Å². The minimum absolute atomic E-state index is 0.750. The molecule has 2 aromatic rings. The van der Waals surface area contributed by atoms with Crippen LogP contribution in [0.1, 0.15) is 49.9 Å². The summed E-state index contributed by atoms with van der Waals surface area (Å²) in [4.78, 5) is 0. The first-order valence-corrected chi connectivity index (χ1v) is 6.91. The van der Waals surface area contributed by atoms with Crippen LogP contribution in [-0.2, 0) is 6.42 Å². The molecule has 0 atom stereocenters. The number of para-hydroxylation sites is 1. The minimum Gasteiger partial charge on any atom is -0.342 e. The summed E-state index contributed by atoms with van der Waals surface area (Å²) < 4.78 is 2.61. The second-order valence-electron chi connectivity index (χ2n) is 5.24. The lowest BCUT2D eigenvalue weighted by Crippen LogP contribution is -2.06. The van der Waals surface area contributed by atoms with E-state index in [9.17, 15) is 0 Å². The lowest BCUT2D eigenvalue weighted by Gasteiger charge is -2.16. The Kier molecular flexibility index (Phi) is 2.70. The largest absolute Gasteiger partial charge is 0.342 e. The molecule has 0 bridgehead atoms. The van der Waals surface area contributed by atoms with E-state index in [0.717, 1.165) is 12.5 Å². The third-order valence-corrected chi connectivity index (χ3v) is 4.33. The SMILES string of the molecule is CCc1c(C)n(C2CCCC2)c2ccccc12. The van der Waals surface area contributed by atoms with Crippen molar-refractivity contribution in [3.8, 4) is 0 Å². The smallest absolute Gasteiger partial charge is 0.0487 e. The number of hydrogen-bond donors (Lipinski definition) is 0. The maximum absolute atomic E-state index is 2.61. The zero-order valence-corrected chi connectivity index (χ0v) is 10.9. The quantitative estimate of drug-likeness (QED) is 0.705. The highest BCUT2D eigenvalue weighted by Gasteiger charge is 2.22. The molecule has 1 saturated carbocycles. The normalized spacial score (nSPS) is 17.1. The molecule has 17 heavy (non-hydrogen) atoms. The molecule has 1 aliphatic rings. The van der Waals surface area contributed by atoms with Gasteiger partial charge in [-0.05, 0) is 37.8 Å². The summed E-state index contributed by atoms with van der Waals surface area (Å²) in [5, 5.41) is 1.47. The molecule has 0 N–H and O–H groups in total. The van der Waals surface area contributed by atoms with Crippen LogP contribution in [0.25, 0.3) is 10.9 Å². The van der Waals surface area contributed by atoms with Crippen LogP contribution in [-0.4, -0.2) is 4.57 Å². The summed E-state index contributed by atoms with van der Waals surface area (Å²) in [5.41, 5.74) is 4.50. The van der Waals surface area contributed by atoms with Gasteiger partial charge in [0.25, 0.3) is 0 Å². The molecule has 0 radical (unpaired) electrons. The van der Waals surface area contributed by atoms with Crippen molar-refractivity contribution in [2.45, 2.75) is 52.0 Å². The van der Waals surface area contributed by atoms with Crippen molar-refractivity contribution < 1.29 is 0 Å². The Morgan fingerprint density at radius 1 is 1.18 bits per heavy atom. The first-order valence-electron chi connectivity index (χ1n) is 6.91. The molecule has 1 aliphatic carbocycles. The Morgan fingerprint density at radius 3 is 2.59 bits per heavy atom. The van der Waals surface area contributed by atoms with Gasteiger partial charge >= 0.3 is 0 Å². The zero-order chi connectivity index (χ0) is 11.8. The van der Waals surface area contributed by atoms with Gasteiger partial charge in [0, 0.05) is 22.6 Å². The molecule has 90 valence electrons. The highest BCUT2D eigenvalue weighted by atomic mass is 15.0. The Bertz CT molecular complexity index is 530. The average molecular weight is 227 g/mol. The van der Waals surface area contributed by atoms with E-state index in [1.807, 2.05) is 0 Å². The van der Waals surface area contributed by atoms with Crippen LogP contribution in [0.15, 0.2) is 24.3 Å². The van der Waals surface area contributed by atoms with Gasteiger partial charge in [-0.1, -0.05) is 38.0 Å². The molecule has 0 unspecified atom stereocenters. The lowest BCUT2D eigenvalue weighted by molar-refractivity contribution is 0.523. The summed E-state index contributed by atoms with van der Waals surface area (Å²) in [6.07, 6.45) is 6.67. The van der Waals surface area contributed by atoms with Gasteiger partial charge < -0.3 is 4.57 Å². The summed E-state index contributed by atoms with van der Waals surface area (Å²) >= 11 is 0. The first kappa shape index (κ1) is 10.9. The Balaban J connectivity index is 2.25. The number of aromatic nitrogens is 1. The van der Waals surface area contributed by atoms with Crippen LogP contribution < -0.4 is 0 Å². The van der Waals surface area contributed by atoms with Crippen LogP contribution >= 0.6 is 0 Å². The summed E-state index contributed by atoms with van der Waals surface area (Å²) in [7, 11) is 0. The summed E-state index contributed by atoms with van der Waals surface area (Å²) in [6.45, 7) is 4.57. The number of hydrogen-bond acceptors (Lipinski definition) is 0. The maximum Gasteiger partial charge on any atom is 0.0487 e. The van der Waals surface area contributed by atoms with Crippen LogP contribution in [0.5, 0.6) is 0 Å². The fraction of sp³-hybridized carbons (Fsp3) is 0.500. The molecule has 0 spiro atoms. The third-order valence-electron chi connectivity index (χ3n) is 4.33. The molecule has 0 aliphatic heterocycles. The van der Waals surface area contributed by atoms with E-state index in [1.165, 1.54) is 42.3 Å². The van der Waals surface area contributed by atoms with Crippen molar-refractivity contribution in [3.05, 3.63) is 35.5 Å². The molecule has 1 aromatic carbocycles. The molecule has 1 heterocycles. The van der Waals surface area contributed by atoms with Crippen LogP contribution in [0.3, 0.4) is 0 Å². The van der Waals surface area contributed by atoms with Crippen molar-refractivity contribution in [3.63, 3.8) is 0 Å². The molecule has 1 aromatic heterocycles. The van der Waals surface area contributed by atoms with Crippen LogP contribution in [0, 0.1) is 6.92 Å². The van der Waals surface area contributed by atoms with Crippen molar-refractivity contribution in [1.82, 2.24) is 4.57 Å². The van der Waals surface area contributed by atoms with Gasteiger partial charge in [0.1, 0.15) is 0 Å². The average Bonchev–Trinajstić information content (AvgIpc) is 2.93. The van der Waals surface area contributed by atoms with E-state index >= 15 is 0 Å². The van der Waals surface area contributed by atoms with Gasteiger partial charge in [-0.2, -0.15) is 0 Å². The fourth-order valence-corrected chi connectivity index (χ4v) is 3.54. The van der Waals surface area contributed by atoms with Gasteiger partial charge in [-0.3, -0.25) is 0 Å². The predicted octanol–water partition coefficient (Wildman–Crippen LogP) is 4.63. The number of nitrogens with zero attached hydrogens (tertiary/aromatic N) is 1. The van der Waals surface area contributed by atoms with E-state index in [2.05, 4.69) is 42.7 Å². The summed E-state index contributed by atoms with van der Waals surface area (Å²) in [6, 6.07) is 9.67. The molecule has 0 amide bonds. The number of rotatable bonds is 2. The van der Waals surface area contributed by atoms with Crippen LogP contribution in [0.2, 0.25) is 0 Å². The van der Waals surface area contributed by atoms with E-state index in [1.54, 1.807) is 5.56 Å². The van der Waals surface area contributed by atoms with Crippen LogP contribution in [0.4, 0.5) is 0 Å². The number of fused-ring (bicyclic) bond motifs is 1. The molecular weight excluding hydrogens is 206 g/mol. The predicted molar refractivity (Wildman–Crippen MR) is 73.6 cm³/mol. The van der Waals surface area contributed by atoms with Gasteiger partial charge in [-0.15, -0.1) is 0 Å². The third kappa shape index (κ3) is 1.60. The molecular formula is C16H21N. The van der Waals surface area contributed by atoms with Crippen molar-refractivity contribution in [2.24, 2.45) is 0 Å². The highest BCUT2D eigenvalue weighted by Crippen LogP contribution is 2.36. The van der Waals surface area contributed by atoms with E-state index in [0.29, 0.717) is 0 Å². The second-order valence-corrected chi connectivity index (χ2v) is 5.24. The van der Waals surface area contributed by atoms with Crippen molar-refractivity contribution >= 4 is 10.9 Å². The molecule has 1 fully saturated rings. The topological polar surface area (TPSA) is 4.93 Å². The minimum atomic E-state index is 0.750. The molecule has 1 heteroatoms. The monoisotopic (exact) mass is 227 g/mol. The standard InChI is InChI=1S/C16H21N/c1-3-14-12(2)17(13-8-4-5-9-13)16-11-7-6-10-15(14)16/h6-7,10-11,13H,3-5,8-9H2,1-2H3. The molecule has 0 saturated heterocycles. The number of aryl methyl sites for hydroxylation is 1. The number of benzene rings is 1.